The average Bonchev–Trinajstić information content (AvgIpc) is 2.50. The van der Waals surface area contributed by atoms with Crippen LogP contribution in [0.25, 0.3) is 0 Å². The molecular formula is C17H27N3. The lowest BCUT2D eigenvalue weighted by molar-refractivity contribution is 0.746. The fourth-order valence-corrected chi connectivity index (χ4v) is 2.25. The minimum Gasteiger partial charge on any atom is -0.363 e. The van der Waals surface area contributed by atoms with E-state index in [9.17, 15) is 0 Å². The highest BCUT2D eigenvalue weighted by Gasteiger charge is 2.12. The number of allylic oxidation sites excluding steroid dienone is 4. The Hall–Kier alpha value is -1.64. The van der Waals surface area contributed by atoms with Gasteiger partial charge < -0.3 is 5.32 Å². The third kappa shape index (κ3) is 4.48. The molecule has 0 radical (unpaired) electrons. The molecule has 0 fully saturated rings. The summed E-state index contributed by atoms with van der Waals surface area (Å²) in [5.74, 6) is 0. The first-order valence-corrected chi connectivity index (χ1v) is 7.57. The zero-order valence-corrected chi connectivity index (χ0v) is 13.5. The van der Waals surface area contributed by atoms with Gasteiger partial charge in [-0.2, -0.15) is 10.2 Å². The molecule has 0 bridgehead atoms. The van der Waals surface area contributed by atoms with Gasteiger partial charge in [0.2, 0.25) is 0 Å². The van der Waals surface area contributed by atoms with Gasteiger partial charge in [0, 0.05) is 11.4 Å². The van der Waals surface area contributed by atoms with Gasteiger partial charge in [-0.3, -0.25) is 0 Å². The van der Waals surface area contributed by atoms with E-state index < -0.39 is 0 Å². The summed E-state index contributed by atoms with van der Waals surface area (Å²) >= 11 is 0. The van der Waals surface area contributed by atoms with E-state index in [2.05, 4.69) is 42.4 Å². The molecular weight excluding hydrogens is 246 g/mol. The van der Waals surface area contributed by atoms with Crippen LogP contribution in [0.3, 0.4) is 0 Å². The molecule has 1 heterocycles. The number of aromatic nitrogens is 2. The summed E-state index contributed by atoms with van der Waals surface area (Å²) in [6, 6.07) is 0. The highest BCUT2D eigenvalue weighted by atomic mass is 15.1. The van der Waals surface area contributed by atoms with E-state index in [-0.39, 0.29) is 0 Å². The molecule has 0 unspecified atom stereocenters. The maximum absolute atomic E-state index is 3.99. The molecule has 1 aliphatic carbocycles. The number of hydrogen-bond donors (Lipinski definition) is 1. The van der Waals surface area contributed by atoms with Crippen LogP contribution in [0, 0.1) is 0 Å². The molecule has 0 saturated heterocycles. The van der Waals surface area contributed by atoms with Crippen molar-refractivity contribution in [2.45, 2.75) is 60.3 Å². The van der Waals surface area contributed by atoms with Crippen molar-refractivity contribution in [2.24, 2.45) is 0 Å². The van der Waals surface area contributed by atoms with Crippen LogP contribution in [0.4, 0.5) is 0 Å². The second kappa shape index (κ2) is 8.51. The van der Waals surface area contributed by atoms with Gasteiger partial charge in [-0.25, -0.2) is 0 Å². The van der Waals surface area contributed by atoms with E-state index in [4.69, 9.17) is 0 Å². The highest BCUT2D eigenvalue weighted by molar-refractivity contribution is 5.27. The zero-order valence-electron chi connectivity index (χ0n) is 13.5. The summed E-state index contributed by atoms with van der Waals surface area (Å²) < 4.78 is 0. The minimum atomic E-state index is 1.04. The second-order valence-corrected chi connectivity index (χ2v) is 4.90. The van der Waals surface area contributed by atoms with E-state index in [0.717, 1.165) is 25.7 Å². The molecule has 3 nitrogen and oxygen atoms in total. The standard InChI is InChI=1S/C15H21N3.C2H6/c1-4-12(3)18-15-8-7-14-10-17-16-9-13(14)6-5-11(15)2;1-2/h4,9-10,18H,5-8H2,1-3H3;1-2H3/b12-4-,15-11+;. The first-order chi connectivity index (χ1) is 9.70. The number of fused-ring (bicyclic) bond motifs is 1. The Morgan fingerprint density at radius 3 is 2.15 bits per heavy atom. The lowest BCUT2D eigenvalue weighted by Gasteiger charge is -2.19. The van der Waals surface area contributed by atoms with Crippen LogP contribution in [0.1, 0.15) is 58.6 Å². The smallest absolute Gasteiger partial charge is 0.0531 e. The van der Waals surface area contributed by atoms with Crippen molar-refractivity contribution in [2.75, 3.05) is 0 Å². The fraction of sp³-hybridized carbons (Fsp3) is 0.529. The van der Waals surface area contributed by atoms with Crippen molar-refractivity contribution >= 4 is 0 Å². The van der Waals surface area contributed by atoms with E-state index >= 15 is 0 Å². The summed E-state index contributed by atoms with van der Waals surface area (Å²) in [5.41, 5.74) is 6.74. The van der Waals surface area contributed by atoms with Gasteiger partial charge in [0.05, 0.1) is 12.4 Å². The van der Waals surface area contributed by atoms with Crippen molar-refractivity contribution in [1.82, 2.24) is 15.5 Å². The van der Waals surface area contributed by atoms with E-state index in [1.807, 2.05) is 26.2 Å². The molecule has 0 aromatic carbocycles. The van der Waals surface area contributed by atoms with Crippen molar-refractivity contribution < 1.29 is 0 Å². The second-order valence-electron chi connectivity index (χ2n) is 4.90. The molecule has 0 amide bonds. The number of aryl methyl sites for hydroxylation is 2. The largest absolute Gasteiger partial charge is 0.363 e. The Bertz CT molecular complexity index is 487. The van der Waals surface area contributed by atoms with Crippen LogP contribution in [0.15, 0.2) is 35.4 Å². The van der Waals surface area contributed by atoms with E-state index in [0.29, 0.717) is 0 Å². The Balaban J connectivity index is 0.000000956. The zero-order chi connectivity index (χ0) is 15.0. The first kappa shape index (κ1) is 16.4. The number of hydrogen-bond acceptors (Lipinski definition) is 3. The lowest BCUT2D eigenvalue weighted by atomic mass is 9.94. The maximum Gasteiger partial charge on any atom is 0.0531 e. The molecule has 1 N–H and O–H groups in total. The summed E-state index contributed by atoms with van der Waals surface area (Å²) in [6.45, 7) is 10.4. The Labute approximate surface area is 123 Å². The Morgan fingerprint density at radius 1 is 1.05 bits per heavy atom. The van der Waals surface area contributed by atoms with Crippen molar-refractivity contribution in [3.05, 3.63) is 46.6 Å². The molecule has 0 aliphatic heterocycles. The molecule has 0 spiro atoms. The molecule has 20 heavy (non-hydrogen) atoms. The van der Waals surface area contributed by atoms with E-state index in [1.165, 1.54) is 28.1 Å². The molecule has 3 heteroatoms. The average molecular weight is 273 g/mol. The van der Waals surface area contributed by atoms with Gasteiger partial charge in [-0.1, -0.05) is 25.5 Å². The number of nitrogens with zero attached hydrogens (tertiary/aromatic N) is 2. The van der Waals surface area contributed by atoms with Gasteiger partial charge in [0.25, 0.3) is 0 Å². The summed E-state index contributed by atoms with van der Waals surface area (Å²) in [7, 11) is 0. The quantitative estimate of drug-likeness (QED) is 0.879. The number of nitrogens with one attached hydrogen (secondary N) is 1. The number of rotatable bonds is 2. The van der Waals surface area contributed by atoms with Gasteiger partial charge in [0.1, 0.15) is 0 Å². The third-order valence-electron chi connectivity index (χ3n) is 3.62. The molecule has 0 atom stereocenters. The van der Waals surface area contributed by atoms with Crippen molar-refractivity contribution in [3.63, 3.8) is 0 Å². The van der Waals surface area contributed by atoms with Crippen molar-refractivity contribution in [3.8, 4) is 0 Å². The Morgan fingerprint density at radius 2 is 1.60 bits per heavy atom. The SMILES string of the molecule is C/C=C(/C)N/C1=C(\C)CCc2cnncc2CC1.CC. The predicted octanol–water partition coefficient (Wildman–Crippen LogP) is 4.17. The minimum absolute atomic E-state index is 1.04. The van der Waals surface area contributed by atoms with Crippen LogP contribution in [-0.4, -0.2) is 10.2 Å². The van der Waals surface area contributed by atoms with Gasteiger partial charge in [-0.15, -0.1) is 0 Å². The molecule has 110 valence electrons. The summed E-state index contributed by atoms with van der Waals surface area (Å²) in [5, 5.41) is 11.5. The van der Waals surface area contributed by atoms with Gasteiger partial charge in [0.15, 0.2) is 0 Å². The van der Waals surface area contributed by atoms with Crippen LogP contribution in [0.5, 0.6) is 0 Å². The topological polar surface area (TPSA) is 37.8 Å². The molecule has 1 aliphatic rings. The van der Waals surface area contributed by atoms with Crippen molar-refractivity contribution in [1.29, 1.82) is 0 Å². The van der Waals surface area contributed by atoms with Crippen LogP contribution in [0.2, 0.25) is 0 Å². The van der Waals surface area contributed by atoms with Crippen LogP contribution >= 0.6 is 0 Å². The normalized spacial score (nSPS) is 19.1. The lowest BCUT2D eigenvalue weighted by Crippen LogP contribution is -2.16. The summed E-state index contributed by atoms with van der Waals surface area (Å²) in [4.78, 5) is 0. The fourth-order valence-electron chi connectivity index (χ4n) is 2.25. The highest BCUT2D eigenvalue weighted by Crippen LogP contribution is 2.22. The Kier molecular flexibility index (Phi) is 6.99. The molecule has 1 aromatic heterocycles. The monoisotopic (exact) mass is 273 g/mol. The van der Waals surface area contributed by atoms with Gasteiger partial charge >= 0.3 is 0 Å². The molecule has 0 saturated carbocycles. The van der Waals surface area contributed by atoms with Crippen LogP contribution in [-0.2, 0) is 12.8 Å². The van der Waals surface area contributed by atoms with Crippen LogP contribution < -0.4 is 5.32 Å². The third-order valence-corrected chi connectivity index (χ3v) is 3.62. The van der Waals surface area contributed by atoms with Gasteiger partial charge in [-0.05, 0) is 57.6 Å². The molecule has 1 aromatic rings. The maximum atomic E-state index is 3.99. The summed E-state index contributed by atoms with van der Waals surface area (Å²) in [6.07, 6.45) is 10.2. The van der Waals surface area contributed by atoms with E-state index in [1.54, 1.807) is 0 Å². The molecule has 2 rings (SSSR count). The predicted molar refractivity (Wildman–Crippen MR) is 85.3 cm³/mol. The first-order valence-electron chi connectivity index (χ1n) is 7.57.